The first-order chi connectivity index (χ1) is 6.63. The van der Waals surface area contributed by atoms with E-state index in [0.29, 0.717) is 10.7 Å². The molecule has 0 bridgehead atoms. The van der Waals surface area contributed by atoms with Gasteiger partial charge < -0.3 is 10.6 Å². The van der Waals surface area contributed by atoms with Crippen LogP contribution in [0.5, 0.6) is 0 Å². The molecule has 0 spiro atoms. The molecule has 0 aromatic heterocycles. The summed E-state index contributed by atoms with van der Waals surface area (Å²) in [4.78, 5) is 11.1. The molecule has 0 unspecified atom stereocenters. The van der Waals surface area contributed by atoms with E-state index in [1.165, 1.54) is 6.20 Å². The SMILES string of the molecule is C=CNC(=O)Nc1ccc(C)c(Cl)c1. The highest BCUT2D eigenvalue weighted by Gasteiger charge is 2.00. The van der Waals surface area contributed by atoms with Crippen molar-refractivity contribution in [2.75, 3.05) is 5.32 Å². The molecular formula is C10H11ClN2O. The Morgan fingerprint density at radius 2 is 2.29 bits per heavy atom. The standard InChI is InChI=1S/C10H11ClN2O/c1-3-12-10(14)13-8-5-4-7(2)9(11)6-8/h3-6H,1H2,2H3,(H2,12,13,14). The Bertz CT molecular complexity index is 363. The zero-order chi connectivity index (χ0) is 10.6. The number of hydrogen-bond acceptors (Lipinski definition) is 1. The topological polar surface area (TPSA) is 41.1 Å². The van der Waals surface area contributed by atoms with Crippen LogP contribution in [0.3, 0.4) is 0 Å². The van der Waals surface area contributed by atoms with Crippen molar-refractivity contribution in [3.8, 4) is 0 Å². The maximum Gasteiger partial charge on any atom is 0.323 e. The highest BCUT2D eigenvalue weighted by Crippen LogP contribution is 2.19. The van der Waals surface area contributed by atoms with Gasteiger partial charge in [0.15, 0.2) is 0 Å². The molecule has 0 aliphatic rings. The van der Waals surface area contributed by atoms with Crippen molar-refractivity contribution in [3.05, 3.63) is 41.6 Å². The van der Waals surface area contributed by atoms with Crippen LogP contribution in [0.4, 0.5) is 10.5 Å². The van der Waals surface area contributed by atoms with Crippen molar-refractivity contribution in [1.82, 2.24) is 5.32 Å². The summed E-state index contributed by atoms with van der Waals surface area (Å²) in [6.45, 7) is 5.27. The molecule has 0 radical (unpaired) electrons. The molecule has 2 N–H and O–H groups in total. The quantitative estimate of drug-likeness (QED) is 0.774. The number of carbonyl (C=O) groups is 1. The second kappa shape index (κ2) is 4.67. The van der Waals surface area contributed by atoms with Gasteiger partial charge in [-0.15, -0.1) is 0 Å². The van der Waals surface area contributed by atoms with Crippen LogP contribution in [-0.4, -0.2) is 6.03 Å². The number of urea groups is 1. The maximum atomic E-state index is 11.1. The lowest BCUT2D eigenvalue weighted by atomic mass is 10.2. The van der Waals surface area contributed by atoms with Gasteiger partial charge in [-0.25, -0.2) is 4.79 Å². The Hall–Kier alpha value is -1.48. The van der Waals surface area contributed by atoms with Gasteiger partial charge in [-0.3, -0.25) is 0 Å². The Labute approximate surface area is 87.8 Å². The maximum absolute atomic E-state index is 11.1. The lowest BCUT2D eigenvalue weighted by Gasteiger charge is -2.05. The summed E-state index contributed by atoms with van der Waals surface area (Å²) in [6.07, 6.45) is 1.31. The molecule has 3 nitrogen and oxygen atoms in total. The highest BCUT2D eigenvalue weighted by atomic mass is 35.5. The lowest BCUT2D eigenvalue weighted by molar-refractivity contribution is 0.255. The van der Waals surface area contributed by atoms with Gasteiger partial charge in [-0.2, -0.15) is 0 Å². The number of nitrogens with one attached hydrogen (secondary N) is 2. The van der Waals surface area contributed by atoms with Crippen molar-refractivity contribution >= 4 is 23.3 Å². The molecule has 1 aromatic rings. The molecule has 74 valence electrons. The third kappa shape index (κ3) is 2.78. The van der Waals surface area contributed by atoms with Crippen LogP contribution in [0.2, 0.25) is 5.02 Å². The predicted octanol–water partition coefficient (Wildman–Crippen LogP) is 2.91. The molecule has 4 heteroatoms. The Morgan fingerprint density at radius 1 is 1.57 bits per heavy atom. The van der Waals surface area contributed by atoms with E-state index in [0.717, 1.165) is 5.56 Å². The van der Waals surface area contributed by atoms with Gasteiger partial charge in [0, 0.05) is 10.7 Å². The minimum Gasteiger partial charge on any atom is -0.315 e. The number of rotatable bonds is 2. The molecular weight excluding hydrogens is 200 g/mol. The first-order valence-corrected chi connectivity index (χ1v) is 4.46. The van der Waals surface area contributed by atoms with E-state index < -0.39 is 0 Å². The highest BCUT2D eigenvalue weighted by molar-refractivity contribution is 6.31. The van der Waals surface area contributed by atoms with Crippen LogP contribution < -0.4 is 10.6 Å². The summed E-state index contributed by atoms with van der Waals surface area (Å²) in [5.41, 5.74) is 1.63. The molecule has 14 heavy (non-hydrogen) atoms. The first-order valence-electron chi connectivity index (χ1n) is 4.08. The third-order valence-electron chi connectivity index (χ3n) is 1.66. The molecule has 0 saturated carbocycles. The van der Waals surface area contributed by atoms with E-state index in [-0.39, 0.29) is 6.03 Å². The molecule has 0 aliphatic carbocycles. The summed E-state index contributed by atoms with van der Waals surface area (Å²) in [5.74, 6) is 0. The van der Waals surface area contributed by atoms with Crippen molar-refractivity contribution in [1.29, 1.82) is 0 Å². The van der Waals surface area contributed by atoms with Crippen LogP contribution in [0.1, 0.15) is 5.56 Å². The van der Waals surface area contributed by atoms with Crippen LogP contribution in [0.25, 0.3) is 0 Å². The van der Waals surface area contributed by atoms with Crippen LogP contribution >= 0.6 is 11.6 Å². The average molecular weight is 211 g/mol. The summed E-state index contributed by atoms with van der Waals surface area (Å²) >= 11 is 5.88. The second-order valence-electron chi connectivity index (χ2n) is 2.77. The summed E-state index contributed by atoms with van der Waals surface area (Å²) in [6, 6.07) is 4.98. The van der Waals surface area contributed by atoms with Gasteiger partial charge in [0.05, 0.1) is 0 Å². The van der Waals surface area contributed by atoms with Gasteiger partial charge in [-0.1, -0.05) is 24.2 Å². The number of benzene rings is 1. The molecule has 1 aromatic carbocycles. The van der Waals surface area contributed by atoms with Crippen molar-refractivity contribution < 1.29 is 4.79 Å². The number of hydrogen-bond donors (Lipinski definition) is 2. The van der Waals surface area contributed by atoms with Gasteiger partial charge >= 0.3 is 6.03 Å². The smallest absolute Gasteiger partial charge is 0.315 e. The Balaban J connectivity index is 2.72. The van der Waals surface area contributed by atoms with E-state index in [2.05, 4.69) is 17.2 Å². The van der Waals surface area contributed by atoms with E-state index in [1.807, 2.05) is 13.0 Å². The third-order valence-corrected chi connectivity index (χ3v) is 2.07. The zero-order valence-electron chi connectivity index (χ0n) is 7.80. The van der Waals surface area contributed by atoms with Crippen LogP contribution in [0.15, 0.2) is 31.0 Å². The predicted molar refractivity (Wildman–Crippen MR) is 58.5 cm³/mol. The second-order valence-corrected chi connectivity index (χ2v) is 3.17. The Kier molecular flexibility index (Phi) is 3.54. The average Bonchev–Trinajstić information content (AvgIpc) is 2.12. The molecule has 0 heterocycles. The normalized spacial score (nSPS) is 9.29. The van der Waals surface area contributed by atoms with E-state index in [4.69, 9.17) is 11.6 Å². The van der Waals surface area contributed by atoms with Gasteiger partial charge in [0.2, 0.25) is 0 Å². The minimum absolute atomic E-state index is 0.333. The molecule has 0 atom stereocenters. The summed E-state index contributed by atoms with van der Waals surface area (Å²) < 4.78 is 0. The minimum atomic E-state index is -0.333. The number of carbonyl (C=O) groups excluding carboxylic acids is 1. The van der Waals surface area contributed by atoms with E-state index in [9.17, 15) is 4.79 Å². The molecule has 1 rings (SSSR count). The van der Waals surface area contributed by atoms with Crippen LogP contribution in [-0.2, 0) is 0 Å². The molecule has 0 aliphatic heterocycles. The number of aryl methyl sites for hydroxylation is 1. The van der Waals surface area contributed by atoms with Crippen molar-refractivity contribution in [2.45, 2.75) is 6.92 Å². The van der Waals surface area contributed by atoms with Gasteiger partial charge in [0.25, 0.3) is 0 Å². The number of halogens is 1. The molecule has 0 fully saturated rings. The van der Waals surface area contributed by atoms with E-state index >= 15 is 0 Å². The van der Waals surface area contributed by atoms with Crippen molar-refractivity contribution in [3.63, 3.8) is 0 Å². The largest absolute Gasteiger partial charge is 0.323 e. The van der Waals surface area contributed by atoms with Gasteiger partial charge in [0.1, 0.15) is 0 Å². The zero-order valence-corrected chi connectivity index (χ0v) is 8.56. The van der Waals surface area contributed by atoms with Gasteiger partial charge in [-0.05, 0) is 30.8 Å². The fraction of sp³-hybridized carbons (Fsp3) is 0.100. The lowest BCUT2D eigenvalue weighted by Crippen LogP contribution is -2.23. The van der Waals surface area contributed by atoms with Crippen molar-refractivity contribution in [2.24, 2.45) is 0 Å². The summed E-state index contributed by atoms with van der Waals surface area (Å²) in [7, 11) is 0. The monoisotopic (exact) mass is 210 g/mol. The molecule has 2 amide bonds. The Morgan fingerprint density at radius 3 is 2.86 bits per heavy atom. The first kappa shape index (κ1) is 10.6. The number of anilines is 1. The fourth-order valence-electron chi connectivity index (χ4n) is 0.930. The van der Waals surface area contributed by atoms with Crippen LogP contribution in [0, 0.1) is 6.92 Å². The van der Waals surface area contributed by atoms with E-state index in [1.54, 1.807) is 12.1 Å². The fourth-order valence-corrected chi connectivity index (χ4v) is 1.11. The number of amides is 2. The molecule has 0 saturated heterocycles. The summed E-state index contributed by atoms with van der Waals surface area (Å²) in [5, 5.41) is 5.63.